The van der Waals surface area contributed by atoms with E-state index in [1.807, 2.05) is 0 Å². The lowest BCUT2D eigenvalue weighted by Gasteiger charge is -2.37. The molecule has 0 spiro atoms. The monoisotopic (exact) mass is 290 g/mol. The molecule has 3 heteroatoms. The number of β-amino-alcohol motifs (C(OH)–C–C–N with tert-alkyl or cyclic N) is 1. The third-order valence-corrected chi connectivity index (χ3v) is 4.43. The first-order valence-corrected chi connectivity index (χ1v) is 8.32. The molecule has 1 unspecified atom stereocenters. The van der Waals surface area contributed by atoms with Crippen LogP contribution in [0.1, 0.15) is 37.3 Å². The summed E-state index contributed by atoms with van der Waals surface area (Å²) in [5.41, 5.74) is 4.06. The van der Waals surface area contributed by atoms with Gasteiger partial charge < -0.3 is 10.0 Å². The number of hydrogen-bond donors (Lipinski definition) is 1. The summed E-state index contributed by atoms with van der Waals surface area (Å²) in [5.74, 6) is 0. The van der Waals surface area contributed by atoms with Crippen LogP contribution in [0, 0.1) is 13.8 Å². The van der Waals surface area contributed by atoms with E-state index in [0.717, 1.165) is 52.0 Å². The zero-order chi connectivity index (χ0) is 15.2. The molecule has 3 nitrogen and oxygen atoms in total. The molecular weight excluding hydrogens is 260 g/mol. The van der Waals surface area contributed by atoms with E-state index in [1.165, 1.54) is 16.8 Å². The van der Waals surface area contributed by atoms with E-state index in [0.29, 0.717) is 0 Å². The van der Waals surface area contributed by atoms with Gasteiger partial charge in [-0.25, -0.2) is 0 Å². The van der Waals surface area contributed by atoms with Crippen molar-refractivity contribution in [2.24, 2.45) is 0 Å². The predicted octanol–water partition coefficient (Wildman–Crippen LogP) is 2.98. The van der Waals surface area contributed by atoms with Gasteiger partial charge >= 0.3 is 0 Å². The van der Waals surface area contributed by atoms with E-state index in [2.05, 4.69) is 48.8 Å². The Kier molecular flexibility index (Phi) is 6.07. The van der Waals surface area contributed by atoms with Crippen molar-refractivity contribution >= 4 is 5.69 Å². The summed E-state index contributed by atoms with van der Waals surface area (Å²) in [4.78, 5) is 4.88. The van der Waals surface area contributed by atoms with Crippen molar-refractivity contribution in [3.8, 4) is 0 Å². The summed E-state index contributed by atoms with van der Waals surface area (Å²) in [6.07, 6.45) is 3.08. The number of aliphatic hydroxyl groups is 1. The zero-order valence-electron chi connectivity index (χ0n) is 13.8. The van der Waals surface area contributed by atoms with Gasteiger partial charge in [0.1, 0.15) is 0 Å². The molecule has 1 aromatic carbocycles. The van der Waals surface area contributed by atoms with E-state index < -0.39 is 0 Å². The average molecular weight is 290 g/mol. The minimum atomic E-state index is -0.155. The fourth-order valence-electron chi connectivity index (χ4n) is 3.16. The zero-order valence-corrected chi connectivity index (χ0v) is 13.8. The summed E-state index contributed by atoms with van der Waals surface area (Å²) >= 11 is 0. The number of nitrogens with zero attached hydrogens (tertiary/aromatic N) is 2. The topological polar surface area (TPSA) is 26.7 Å². The highest BCUT2D eigenvalue weighted by Gasteiger charge is 2.20. The number of aliphatic hydroxyl groups excluding tert-OH is 1. The third kappa shape index (κ3) is 4.72. The molecule has 1 saturated heterocycles. The van der Waals surface area contributed by atoms with E-state index >= 15 is 0 Å². The van der Waals surface area contributed by atoms with Crippen molar-refractivity contribution in [1.82, 2.24) is 4.90 Å². The molecule has 21 heavy (non-hydrogen) atoms. The number of piperazine rings is 1. The van der Waals surface area contributed by atoms with Crippen molar-refractivity contribution in [2.75, 3.05) is 37.6 Å². The molecule has 1 aromatic rings. The Morgan fingerprint density at radius 1 is 1.14 bits per heavy atom. The van der Waals surface area contributed by atoms with Crippen molar-refractivity contribution in [1.29, 1.82) is 0 Å². The second-order valence-corrected chi connectivity index (χ2v) is 6.37. The first-order chi connectivity index (χ1) is 10.1. The standard InChI is InChI=1S/C18H30N2O/c1-4-5-6-17(21)14-19-9-11-20(12-10-19)18-8-7-15(2)13-16(18)3/h7-8,13,17,21H,4-6,9-12,14H2,1-3H3. The van der Waals surface area contributed by atoms with Gasteiger partial charge in [-0.1, -0.05) is 37.5 Å². The van der Waals surface area contributed by atoms with Crippen LogP contribution in [-0.4, -0.2) is 48.8 Å². The van der Waals surface area contributed by atoms with Gasteiger partial charge in [0.15, 0.2) is 0 Å². The lowest BCUT2D eigenvalue weighted by Crippen LogP contribution is -2.48. The smallest absolute Gasteiger partial charge is 0.0667 e. The average Bonchev–Trinajstić information content (AvgIpc) is 2.46. The van der Waals surface area contributed by atoms with Crippen molar-refractivity contribution in [3.05, 3.63) is 29.3 Å². The Morgan fingerprint density at radius 3 is 2.48 bits per heavy atom. The molecule has 0 saturated carbocycles. The maximum atomic E-state index is 10.0. The Labute approximate surface area is 129 Å². The van der Waals surface area contributed by atoms with Crippen molar-refractivity contribution in [2.45, 2.75) is 46.1 Å². The number of aryl methyl sites for hydroxylation is 2. The molecule has 0 aliphatic carbocycles. The van der Waals surface area contributed by atoms with Gasteiger partial charge in [0, 0.05) is 38.4 Å². The molecular formula is C18H30N2O. The van der Waals surface area contributed by atoms with E-state index in [1.54, 1.807) is 0 Å². The Balaban J connectivity index is 1.82. The largest absolute Gasteiger partial charge is 0.392 e. The molecule has 2 rings (SSSR count). The van der Waals surface area contributed by atoms with Gasteiger partial charge in [0.25, 0.3) is 0 Å². The first kappa shape index (κ1) is 16.3. The van der Waals surface area contributed by atoms with Crippen LogP contribution in [0.25, 0.3) is 0 Å². The molecule has 1 N–H and O–H groups in total. The first-order valence-electron chi connectivity index (χ1n) is 8.32. The highest BCUT2D eigenvalue weighted by Crippen LogP contribution is 2.22. The number of unbranched alkanes of at least 4 members (excludes halogenated alkanes) is 1. The molecule has 0 radical (unpaired) electrons. The number of benzene rings is 1. The quantitative estimate of drug-likeness (QED) is 0.872. The molecule has 1 atom stereocenters. The third-order valence-electron chi connectivity index (χ3n) is 4.43. The molecule has 0 bridgehead atoms. The molecule has 0 aromatic heterocycles. The molecule has 1 fully saturated rings. The minimum absolute atomic E-state index is 0.155. The van der Waals surface area contributed by atoms with Gasteiger partial charge in [-0.15, -0.1) is 0 Å². The second-order valence-electron chi connectivity index (χ2n) is 6.37. The Hall–Kier alpha value is -1.06. The van der Waals surface area contributed by atoms with Crippen LogP contribution >= 0.6 is 0 Å². The molecule has 118 valence electrons. The molecule has 1 aliphatic heterocycles. The van der Waals surface area contributed by atoms with Crippen LogP contribution in [-0.2, 0) is 0 Å². The predicted molar refractivity (Wildman–Crippen MR) is 90.1 cm³/mol. The van der Waals surface area contributed by atoms with Crippen LogP contribution < -0.4 is 4.90 Å². The number of rotatable bonds is 6. The van der Waals surface area contributed by atoms with Gasteiger partial charge in [-0.3, -0.25) is 4.90 Å². The van der Waals surface area contributed by atoms with Crippen LogP contribution in [0.2, 0.25) is 0 Å². The minimum Gasteiger partial charge on any atom is -0.392 e. The van der Waals surface area contributed by atoms with Crippen LogP contribution in [0.15, 0.2) is 18.2 Å². The van der Waals surface area contributed by atoms with Gasteiger partial charge in [0.2, 0.25) is 0 Å². The fraction of sp³-hybridized carbons (Fsp3) is 0.667. The highest BCUT2D eigenvalue weighted by molar-refractivity contribution is 5.54. The maximum Gasteiger partial charge on any atom is 0.0667 e. The van der Waals surface area contributed by atoms with Gasteiger partial charge in [-0.05, 0) is 31.9 Å². The van der Waals surface area contributed by atoms with E-state index in [-0.39, 0.29) is 6.10 Å². The van der Waals surface area contributed by atoms with Crippen LogP contribution in [0.5, 0.6) is 0 Å². The maximum absolute atomic E-state index is 10.0. The SMILES string of the molecule is CCCCC(O)CN1CCN(c2ccc(C)cc2C)CC1. The van der Waals surface area contributed by atoms with E-state index in [4.69, 9.17) is 0 Å². The Morgan fingerprint density at radius 2 is 1.86 bits per heavy atom. The number of hydrogen-bond acceptors (Lipinski definition) is 3. The summed E-state index contributed by atoms with van der Waals surface area (Å²) < 4.78 is 0. The fourth-order valence-corrected chi connectivity index (χ4v) is 3.16. The number of anilines is 1. The summed E-state index contributed by atoms with van der Waals surface area (Å²) in [6, 6.07) is 6.70. The molecule has 1 aliphatic rings. The highest BCUT2D eigenvalue weighted by atomic mass is 16.3. The van der Waals surface area contributed by atoms with Crippen molar-refractivity contribution < 1.29 is 5.11 Å². The summed E-state index contributed by atoms with van der Waals surface area (Å²) in [5, 5.41) is 10.0. The van der Waals surface area contributed by atoms with Crippen LogP contribution in [0.4, 0.5) is 5.69 Å². The van der Waals surface area contributed by atoms with E-state index in [9.17, 15) is 5.11 Å². The molecule has 0 amide bonds. The van der Waals surface area contributed by atoms with Crippen LogP contribution in [0.3, 0.4) is 0 Å². The Bertz CT molecular complexity index is 439. The van der Waals surface area contributed by atoms with Gasteiger partial charge in [-0.2, -0.15) is 0 Å². The normalized spacial score (nSPS) is 18.0. The van der Waals surface area contributed by atoms with Gasteiger partial charge in [0.05, 0.1) is 6.10 Å². The van der Waals surface area contributed by atoms with Crippen molar-refractivity contribution in [3.63, 3.8) is 0 Å². The summed E-state index contributed by atoms with van der Waals surface area (Å²) in [7, 11) is 0. The second kappa shape index (κ2) is 7.81. The molecule has 1 heterocycles. The lowest BCUT2D eigenvalue weighted by atomic mass is 10.1. The lowest BCUT2D eigenvalue weighted by molar-refractivity contribution is 0.100. The summed E-state index contributed by atoms with van der Waals surface area (Å²) in [6.45, 7) is 11.6.